The lowest BCUT2D eigenvalue weighted by Gasteiger charge is -2.27. The Bertz CT molecular complexity index is 443. The lowest BCUT2D eigenvalue weighted by atomic mass is 10.2. The Balaban J connectivity index is 2.64. The summed E-state index contributed by atoms with van der Waals surface area (Å²) >= 11 is 17.8. The van der Waals surface area contributed by atoms with Gasteiger partial charge >= 0.3 is 0 Å². The fraction of sp³-hybridized carbons (Fsp3) is 0.533. The first-order valence-corrected chi connectivity index (χ1v) is 8.15. The van der Waals surface area contributed by atoms with Crippen molar-refractivity contribution in [1.82, 2.24) is 5.32 Å². The molecular formula is C15H21Cl3N2O. The maximum Gasteiger partial charge on any atom is 0.228 e. The number of hydrogen-bond acceptors (Lipinski definition) is 2. The van der Waals surface area contributed by atoms with Crippen molar-refractivity contribution in [1.29, 1.82) is 0 Å². The molecule has 1 rings (SSSR count). The highest BCUT2D eigenvalue weighted by Crippen LogP contribution is 2.31. The van der Waals surface area contributed by atoms with Crippen LogP contribution >= 0.6 is 34.8 Å². The molecule has 1 unspecified atom stereocenters. The van der Waals surface area contributed by atoms with E-state index < -0.39 is 9.96 Å². The first-order chi connectivity index (χ1) is 9.82. The van der Waals surface area contributed by atoms with Crippen LogP contribution in [0.1, 0.15) is 38.2 Å². The highest BCUT2D eigenvalue weighted by Gasteiger charge is 2.33. The zero-order chi connectivity index (χ0) is 15.9. The Morgan fingerprint density at radius 3 is 2.33 bits per heavy atom. The number of anilines is 1. The fourth-order valence-electron chi connectivity index (χ4n) is 1.78. The van der Waals surface area contributed by atoms with Crippen molar-refractivity contribution in [3.05, 3.63) is 29.8 Å². The summed E-state index contributed by atoms with van der Waals surface area (Å²) in [6.07, 6.45) is 2.56. The molecule has 21 heavy (non-hydrogen) atoms. The zero-order valence-corrected chi connectivity index (χ0v) is 14.5. The van der Waals surface area contributed by atoms with Gasteiger partial charge in [-0.2, -0.15) is 0 Å². The van der Waals surface area contributed by atoms with E-state index >= 15 is 0 Å². The highest BCUT2D eigenvalue weighted by molar-refractivity contribution is 6.68. The summed E-state index contributed by atoms with van der Waals surface area (Å²) in [6.45, 7) is 4.08. The molecule has 1 atom stereocenters. The third kappa shape index (κ3) is 7.25. The second-order valence-electron chi connectivity index (χ2n) is 5.01. The first-order valence-electron chi connectivity index (χ1n) is 7.02. The van der Waals surface area contributed by atoms with Crippen LogP contribution < -0.4 is 10.6 Å². The van der Waals surface area contributed by atoms with Crippen LogP contribution in [0.3, 0.4) is 0 Å². The number of carbonyl (C=O) groups excluding carboxylic acids is 1. The zero-order valence-electron chi connectivity index (χ0n) is 12.3. The number of nitrogens with one attached hydrogen (secondary N) is 2. The van der Waals surface area contributed by atoms with Gasteiger partial charge in [0.2, 0.25) is 9.70 Å². The largest absolute Gasteiger partial charge is 0.362 e. The predicted molar refractivity (Wildman–Crippen MR) is 91.2 cm³/mol. The van der Waals surface area contributed by atoms with E-state index in [1.54, 1.807) is 0 Å². The van der Waals surface area contributed by atoms with Gasteiger partial charge in [-0.15, -0.1) is 0 Å². The number of alkyl halides is 3. The molecule has 6 heteroatoms. The van der Waals surface area contributed by atoms with Gasteiger partial charge in [0.25, 0.3) is 0 Å². The number of unbranched alkanes of at least 4 members (excludes halogenated alkanes) is 2. The maximum atomic E-state index is 11.9. The quantitative estimate of drug-likeness (QED) is 0.421. The van der Waals surface area contributed by atoms with Crippen molar-refractivity contribution in [2.45, 2.75) is 49.5 Å². The van der Waals surface area contributed by atoms with Crippen LogP contribution in [0.2, 0.25) is 0 Å². The molecule has 1 aromatic carbocycles. The standard InChI is InChI=1S/C15H21Cl3N2O/c1-3-4-5-6-13(21)20-14(15(16,17)18)19-12-9-7-11(2)8-10-12/h7-10,14,19H,3-6H2,1-2H3,(H,20,21). The smallest absolute Gasteiger partial charge is 0.228 e. The summed E-state index contributed by atoms with van der Waals surface area (Å²) in [7, 11) is 0. The molecule has 1 aromatic rings. The summed E-state index contributed by atoms with van der Waals surface area (Å²) < 4.78 is -1.63. The van der Waals surface area contributed by atoms with Crippen molar-refractivity contribution in [3.8, 4) is 0 Å². The van der Waals surface area contributed by atoms with Crippen LogP contribution in [-0.4, -0.2) is 15.9 Å². The van der Waals surface area contributed by atoms with Gasteiger partial charge in [0.05, 0.1) is 0 Å². The lowest BCUT2D eigenvalue weighted by Crippen LogP contribution is -2.49. The maximum absolute atomic E-state index is 11.9. The average Bonchev–Trinajstić information content (AvgIpc) is 2.40. The molecule has 3 nitrogen and oxygen atoms in total. The molecule has 118 valence electrons. The molecule has 1 amide bonds. The van der Waals surface area contributed by atoms with E-state index in [1.807, 2.05) is 31.2 Å². The molecule has 0 heterocycles. The molecule has 0 aromatic heterocycles. The topological polar surface area (TPSA) is 41.1 Å². The number of amides is 1. The molecule has 0 aliphatic heterocycles. The molecule has 0 fully saturated rings. The van der Waals surface area contributed by atoms with E-state index in [9.17, 15) is 4.79 Å². The number of rotatable bonds is 7. The third-order valence-corrected chi connectivity index (χ3v) is 3.66. The first kappa shape index (κ1) is 18.4. The monoisotopic (exact) mass is 350 g/mol. The minimum Gasteiger partial charge on any atom is -0.362 e. The number of carbonyl (C=O) groups is 1. The van der Waals surface area contributed by atoms with Crippen LogP contribution in [0.4, 0.5) is 5.69 Å². The number of aryl methyl sites for hydroxylation is 1. The van der Waals surface area contributed by atoms with E-state index in [-0.39, 0.29) is 5.91 Å². The van der Waals surface area contributed by atoms with Gasteiger partial charge in [0.15, 0.2) is 0 Å². The summed E-state index contributed by atoms with van der Waals surface area (Å²) in [4.78, 5) is 11.9. The minimum absolute atomic E-state index is 0.126. The number of halogens is 3. The minimum atomic E-state index is -1.63. The normalized spacial score (nSPS) is 12.8. The summed E-state index contributed by atoms with van der Waals surface area (Å²) in [5.74, 6) is -0.126. The van der Waals surface area contributed by atoms with Crippen molar-refractivity contribution >= 4 is 46.4 Å². The van der Waals surface area contributed by atoms with Gasteiger partial charge < -0.3 is 10.6 Å². The predicted octanol–water partition coefficient (Wildman–Crippen LogP) is 4.80. The Morgan fingerprint density at radius 1 is 1.19 bits per heavy atom. The Morgan fingerprint density at radius 2 is 1.81 bits per heavy atom. The molecule has 0 spiro atoms. The van der Waals surface area contributed by atoms with Gasteiger partial charge in [-0.25, -0.2) is 0 Å². The van der Waals surface area contributed by atoms with E-state index in [4.69, 9.17) is 34.8 Å². The van der Waals surface area contributed by atoms with E-state index in [0.29, 0.717) is 6.42 Å². The average molecular weight is 352 g/mol. The molecule has 0 saturated heterocycles. The van der Waals surface area contributed by atoms with E-state index in [2.05, 4.69) is 17.6 Å². The SMILES string of the molecule is CCCCCC(=O)NC(Nc1ccc(C)cc1)C(Cl)(Cl)Cl. The van der Waals surface area contributed by atoms with Crippen molar-refractivity contribution < 1.29 is 4.79 Å². The Kier molecular flexibility index (Phi) is 7.64. The Labute approximate surface area is 141 Å². The Hall–Kier alpha value is -0.640. The molecule has 2 N–H and O–H groups in total. The molecule has 0 radical (unpaired) electrons. The van der Waals surface area contributed by atoms with E-state index in [0.717, 1.165) is 30.5 Å². The van der Waals surface area contributed by atoms with Gasteiger partial charge in [-0.1, -0.05) is 72.3 Å². The number of hydrogen-bond donors (Lipinski definition) is 2. The van der Waals surface area contributed by atoms with Crippen LogP contribution in [0.25, 0.3) is 0 Å². The van der Waals surface area contributed by atoms with Crippen molar-refractivity contribution in [2.24, 2.45) is 0 Å². The molecule has 0 bridgehead atoms. The number of benzene rings is 1. The van der Waals surface area contributed by atoms with Gasteiger partial charge in [-0.3, -0.25) is 4.79 Å². The van der Waals surface area contributed by atoms with Gasteiger partial charge in [0.1, 0.15) is 6.17 Å². The van der Waals surface area contributed by atoms with Crippen LogP contribution in [-0.2, 0) is 4.79 Å². The molecule has 0 aliphatic rings. The van der Waals surface area contributed by atoms with Crippen LogP contribution in [0, 0.1) is 6.92 Å². The van der Waals surface area contributed by atoms with Crippen molar-refractivity contribution in [3.63, 3.8) is 0 Å². The van der Waals surface area contributed by atoms with Crippen LogP contribution in [0.5, 0.6) is 0 Å². The van der Waals surface area contributed by atoms with Crippen LogP contribution in [0.15, 0.2) is 24.3 Å². The summed E-state index contributed by atoms with van der Waals surface area (Å²) in [5, 5.41) is 5.77. The molecular weight excluding hydrogens is 331 g/mol. The van der Waals surface area contributed by atoms with Gasteiger partial charge in [-0.05, 0) is 25.5 Å². The van der Waals surface area contributed by atoms with Gasteiger partial charge in [0, 0.05) is 12.1 Å². The summed E-state index contributed by atoms with van der Waals surface area (Å²) in [5.41, 5.74) is 1.92. The van der Waals surface area contributed by atoms with E-state index in [1.165, 1.54) is 0 Å². The second-order valence-corrected chi connectivity index (χ2v) is 7.38. The fourth-order valence-corrected chi connectivity index (χ4v) is 2.11. The lowest BCUT2D eigenvalue weighted by molar-refractivity contribution is -0.121. The summed E-state index contributed by atoms with van der Waals surface area (Å²) in [6, 6.07) is 7.64. The van der Waals surface area contributed by atoms with Crippen molar-refractivity contribution in [2.75, 3.05) is 5.32 Å². The highest BCUT2D eigenvalue weighted by atomic mass is 35.6. The second kappa shape index (κ2) is 8.72. The molecule has 0 aliphatic carbocycles. The molecule has 0 saturated carbocycles. The third-order valence-electron chi connectivity index (χ3n) is 3.00.